The van der Waals surface area contributed by atoms with Crippen molar-refractivity contribution in [3.63, 3.8) is 0 Å². The summed E-state index contributed by atoms with van der Waals surface area (Å²) < 4.78 is 26.5. The lowest BCUT2D eigenvalue weighted by molar-refractivity contribution is 0.609. The molecule has 22 heavy (non-hydrogen) atoms. The lowest BCUT2D eigenvalue weighted by Gasteiger charge is -1.99. The van der Waals surface area contributed by atoms with Gasteiger partial charge < -0.3 is 0 Å². The van der Waals surface area contributed by atoms with Crippen LogP contribution in [0, 0.1) is 5.92 Å². The molecule has 1 aliphatic carbocycles. The van der Waals surface area contributed by atoms with Gasteiger partial charge in [-0.15, -0.1) is 0 Å². The summed E-state index contributed by atoms with van der Waals surface area (Å²) in [5.74, 6) is 1.42. The summed E-state index contributed by atoms with van der Waals surface area (Å²) in [6, 6.07) is 8.66. The average molecular weight is 338 g/mol. The van der Waals surface area contributed by atoms with Crippen LogP contribution >= 0.6 is 11.6 Å². The number of H-pyrrole nitrogens is 1. The molecule has 0 radical (unpaired) electrons. The van der Waals surface area contributed by atoms with Gasteiger partial charge in [-0.3, -0.25) is 9.82 Å². The molecule has 1 saturated carbocycles. The van der Waals surface area contributed by atoms with Crippen molar-refractivity contribution in [1.82, 2.24) is 10.2 Å². The molecule has 7 heteroatoms. The molecule has 2 atom stereocenters. The van der Waals surface area contributed by atoms with Crippen molar-refractivity contribution in [2.45, 2.75) is 19.3 Å². The molecule has 0 amide bonds. The van der Waals surface area contributed by atoms with Gasteiger partial charge in [0, 0.05) is 22.7 Å². The maximum absolute atomic E-state index is 12.0. The molecule has 0 saturated heterocycles. The summed E-state index contributed by atoms with van der Waals surface area (Å²) >= 11 is 5.79. The minimum Gasteiger partial charge on any atom is -0.280 e. The summed E-state index contributed by atoms with van der Waals surface area (Å²) in [6.07, 6.45) is 2.63. The second-order valence-corrected chi connectivity index (χ2v) is 7.53. The Morgan fingerprint density at radius 3 is 2.68 bits per heavy atom. The second-order valence-electron chi connectivity index (χ2n) is 5.53. The predicted molar refractivity (Wildman–Crippen MR) is 88.1 cm³/mol. The number of nitrogens with one attached hydrogen (secondary N) is 2. The number of benzene rings is 1. The zero-order valence-corrected chi connectivity index (χ0v) is 13.5. The van der Waals surface area contributed by atoms with Crippen LogP contribution in [0.5, 0.6) is 0 Å². The summed E-state index contributed by atoms with van der Waals surface area (Å²) in [5.41, 5.74) is 1.73. The summed E-state index contributed by atoms with van der Waals surface area (Å²) in [7, 11) is -3.59. The van der Waals surface area contributed by atoms with Crippen LogP contribution in [0.2, 0.25) is 5.02 Å². The first kappa shape index (κ1) is 15.1. The number of hydrogen-bond acceptors (Lipinski definition) is 3. The molecule has 5 nitrogen and oxygen atoms in total. The van der Waals surface area contributed by atoms with Crippen molar-refractivity contribution in [2.24, 2.45) is 5.92 Å². The number of sulfonamides is 1. The van der Waals surface area contributed by atoms with E-state index in [2.05, 4.69) is 21.8 Å². The van der Waals surface area contributed by atoms with Crippen molar-refractivity contribution < 1.29 is 8.42 Å². The van der Waals surface area contributed by atoms with Crippen molar-refractivity contribution in [3.8, 4) is 0 Å². The fourth-order valence-corrected chi connectivity index (χ4v) is 3.18. The predicted octanol–water partition coefficient (Wildman–Crippen LogP) is 3.60. The molecule has 0 aliphatic heterocycles. The van der Waals surface area contributed by atoms with E-state index in [4.69, 9.17) is 11.6 Å². The summed E-state index contributed by atoms with van der Waals surface area (Å²) in [6.45, 7) is 2.16. The van der Waals surface area contributed by atoms with Gasteiger partial charge in [0.1, 0.15) is 0 Å². The van der Waals surface area contributed by atoms with E-state index in [0.29, 0.717) is 22.7 Å². The average Bonchev–Trinajstić information content (AvgIpc) is 3.02. The molecular formula is C15H16ClN3O2S. The minimum atomic E-state index is -3.59. The molecule has 3 rings (SSSR count). The van der Waals surface area contributed by atoms with Crippen LogP contribution in [0.4, 0.5) is 5.82 Å². The number of nitrogens with zero attached hydrogens (tertiary/aromatic N) is 1. The van der Waals surface area contributed by atoms with Crippen LogP contribution in [0.3, 0.4) is 0 Å². The largest absolute Gasteiger partial charge is 0.280 e. The molecule has 116 valence electrons. The molecule has 2 N–H and O–H groups in total. The SMILES string of the molecule is CC1CC1c1cc(NS(=O)(=O)C=Cc2ccc(Cl)cc2)n[nH]1. The second kappa shape index (κ2) is 5.78. The Kier molecular flexibility index (Phi) is 3.97. The number of anilines is 1. The highest BCUT2D eigenvalue weighted by Crippen LogP contribution is 2.46. The van der Waals surface area contributed by atoms with Gasteiger partial charge in [0.05, 0.1) is 5.41 Å². The smallest absolute Gasteiger partial charge is 0.256 e. The number of aromatic amines is 1. The molecule has 1 aromatic carbocycles. The fraction of sp³-hybridized carbons (Fsp3) is 0.267. The number of aromatic nitrogens is 2. The van der Waals surface area contributed by atoms with Gasteiger partial charge in [-0.05, 0) is 36.1 Å². The molecule has 2 unspecified atom stereocenters. The quantitative estimate of drug-likeness (QED) is 0.875. The van der Waals surface area contributed by atoms with Gasteiger partial charge in [-0.1, -0.05) is 30.7 Å². The van der Waals surface area contributed by atoms with Crippen LogP contribution in [-0.4, -0.2) is 18.6 Å². The molecule has 2 aromatic rings. The molecule has 1 aliphatic rings. The van der Waals surface area contributed by atoms with E-state index >= 15 is 0 Å². The Hall–Kier alpha value is -1.79. The zero-order chi connectivity index (χ0) is 15.7. The number of rotatable bonds is 5. The highest BCUT2D eigenvalue weighted by Gasteiger charge is 2.35. The maximum atomic E-state index is 12.0. The van der Waals surface area contributed by atoms with Gasteiger partial charge in [0.2, 0.25) is 0 Å². The van der Waals surface area contributed by atoms with Crippen LogP contribution in [0.1, 0.15) is 30.5 Å². The zero-order valence-electron chi connectivity index (χ0n) is 12.0. The van der Waals surface area contributed by atoms with E-state index in [9.17, 15) is 8.42 Å². The molecule has 0 bridgehead atoms. The Labute approximate surface area is 134 Å². The van der Waals surface area contributed by atoms with Crippen molar-refractivity contribution in [1.29, 1.82) is 0 Å². The van der Waals surface area contributed by atoms with E-state index < -0.39 is 10.0 Å². The third-order valence-corrected chi connectivity index (χ3v) is 4.90. The van der Waals surface area contributed by atoms with Crippen LogP contribution in [-0.2, 0) is 10.0 Å². The van der Waals surface area contributed by atoms with E-state index in [1.165, 1.54) is 6.08 Å². The fourth-order valence-electron chi connectivity index (χ4n) is 2.26. The van der Waals surface area contributed by atoms with E-state index in [1.54, 1.807) is 30.3 Å². The Morgan fingerprint density at radius 2 is 2.05 bits per heavy atom. The van der Waals surface area contributed by atoms with Crippen LogP contribution in [0.15, 0.2) is 35.7 Å². The van der Waals surface area contributed by atoms with Gasteiger partial charge in [0.25, 0.3) is 10.0 Å². The van der Waals surface area contributed by atoms with Crippen molar-refractivity contribution in [3.05, 3.63) is 52.0 Å². The monoisotopic (exact) mass is 337 g/mol. The third-order valence-electron chi connectivity index (χ3n) is 3.66. The van der Waals surface area contributed by atoms with E-state index in [1.807, 2.05) is 0 Å². The highest BCUT2D eigenvalue weighted by atomic mass is 35.5. The third kappa shape index (κ3) is 3.69. The molecule has 0 spiro atoms. The topological polar surface area (TPSA) is 74.8 Å². The lowest BCUT2D eigenvalue weighted by atomic mass is 10.2. The van der Waals surface area contributed by atoms with Crippen molar-refractivity contribution in [2.75, 3.05) is 4.72 Å². The van der Waals surface area contributed by atoms with Crippen LogP contribution < -0.4 is 4.72 Å². The Bertz CT molecular complexity index is 796. The first-order valence-electron chi connectivity index (χ1n) is 6.95. The molecule has 1 aromatic heterocycles. The summed E-state index contributed by atoms with van der Waals surface area (Å²) in [5, 5.41) is 8.61. The molecular weight excluding hydrogens is 322 g/mol. The summed E-state index contributed by atoms with van der Waals surface area (Å²) in [4.78, 5) is 0. The van der Waals surface area contributed by atoms with E-state index in [-0.39, 0.29) is 0 Å². The first-order chi connectivity index (χ1) is 10.4. The van der Waals surface area contributed by atoms with Gasteiger partial charge in [-0.2, -0.15) is 5.10 Å². The highest BCUT2D eigenvalue weighted by molar-refractivity contribution is 7.95. The number of hydrogen-bond donors (Lipinski definition) is 2. The maximum Gasteiger partial charge on any atom is 0.256 e. The Morgan fingerprint density at radius 1 is 1.36 bits per heavy atom. The van der Waals surface area contributed by atoms with Crippen molar-refractivity contribution >= 4 is 33.5 Å². The van der Waals surface area contributed by atoms with Gasteiger partial charge >= 0.3 is 0 Å². The van der Waals surface area contributed by atoms with Gasteiger partial charge in [-0.25, -0.2) is 8.42 Å². The van der Waals surface area contributed by atoms with E-state index in [0.717, 1.165) is 23.1 Å². The minimum absolute atomic E-state index is 0.315. The lowest BCUT2D eigenvalue weighted by Crippen LogP contribution is -2.09. The molecule has 1 fully saturated rings. The van der Waals surface area contributed by atoms with Gasteiger partial charge in [0.15, 0.2) is 5.82 Å². The Balaban J connectivity index is 1.67. The van der Waals surface area contributed by atoms with Crippen LogP contribution in [0.25, 0.3) is 6.08 Å². The standard InChI is InChI=1S/C15H16ClN3O2S/c1-10-8-13(10)14-9-15(18-17-14)19-22(20,21)7-6-11-2-4-12(16)5-3-11/h2-7,9-10,13H,8H2,1H3,(H2,17,18,19). The normalized spacial score (nSPS) is 21.2. The first-order valence-corrected chi connectivity index (χ1v) is 8.87. The number of halogens is 1. The molecule has 1 heterocycles.